The van der Waals surface area contributed by atoms with Crippen LogP contribution in [0.1, 0.15) is 40.0 Å². The summed E-state index contributed by atoms with van der Waals surface area (Å²) in [4.78, 5) is 0. The molecule has 2 heteroatoms. The van der Waals surface area contributed by atoms with Gasteiger partial charge in [0.1, 0.15) is 0 Å². The second-order valence-electron chi connectivity index (χ2n) is 3.65. The molecule has 0 aromatic rings. The van der Waals surface area contributed by atoms with Crippen LogP contribution in [0.3, 0.4) is 0 Å². The van der Waals surface area contributed by atoms with E-state index >= 15 is 0 Å². The molecule has 0 radical (unpaired) electrons. The molecule has 0 heterocycles. The van der Waals surface area contributed by atoms with Gasteiger partial charge in [-0.3, -0.25) is 0 Å². The maximum absolute atomic E-state index is 8.93. The van der Waals surface area contributed by atoms with E-state index in [4.69, 9.17) is 9.84 Å². The Bertz CT molecular complexity index is 104. The zero-order valence-corrected chi connectivity index (χ0v) is 8.76. The Kier molecular flexibility index (Phi) is 5.51. The highest BCUT2D eigenvalue weighted by Crippen LogP contribution is 2.29. The first-order valence-electron chi connectivity index (χ1n) is 4.79. The van der Waals surface area contributed by atoms with Crippen molar-refractivity contribution in [2.75, 3.05) is 13.7 Å². The Hall–Kier alpha value is -0.0800. The molecule has 0 unspecified atom stereocenters. The summed E-state index contributed by atoms with van der Waals surface area (Å²) in [6.45, 7) is 6.66. The summed E-state index contributed by atoms with van der Waals surface area (Å²) in [6, 6.07) is 0. The molecule has 1 N–H and O–H groups in total. The molecule has 0 spiro atoms. The molecule has 0 saturated carbocycles. The predicted molar refractivity (Wildman–Crippen MR) is 51.2 cm³/mol. The number of hydrogen-bond donors (Lipinski definition) is 1. The molecule has 0 aromatic carbocycles. The second kappa shape index (κ2) is 5.55. The molecule has 0 fully saturated rings. The quantitative estimate of drug-likeness (QED) is 0.669. The Balaban J connectivity index is 4.28. The molecule has 0 aliphatic rings. The third kappa shape index (κ3) is 2.76. The number of aliphatic hydroxyl groups is 1. The fraction of sp³-hybridized carbons (Fsp3) is 1.00. The third-order valence-corrected chi connectivity index (χ3v) is 2.67. The molecule has 0 aromatic heterocycles. The van der Waals surface area contributed by atoms with Crippen LogP contribution in [0.15, 0.2) is 0 Å². The van der Waals surface area contributed by atoms with Crippen molar-refractivity contribution < 1.29 is 9.84 Å². The van der Waals surface area contributed by atoms with Crippen molar-refractivity contribution in [1.29, 1.82) is 0 Å². The van der Waals surface area contributed by atoms with Crippen molar-refractivity contribution in [3.8, 4) is 0 Å². The lowest BCUT2D eigenvalue weighted by Crippen LogP contribution is -2.38. The highest BCUT2D eigenvalue weighted by molar-refractivity contribution is 4.83. The van der Waals surface area contributed by atoms with E-state index in [1.807, 2.05) is 0 Å². The molecule has 0 bridgehead atoms. The number of aliphatic hydroxyl groups excluding tert-OH is 1. The van der Waals surface area contributed by atoms with Gasteiger partial charge in [-0.05, 0) is 18.8 Å². The minimum absolute atomic E-state index is 0.108. The van der Waals surface area contributed by atoms with Crippen molar-refractivity contribution >= 4 is 0 Å². The zero-order valence-electron chi connectivity index (χ0n) is 8.76. The standard InChI is InChI=1S/C10H22O2/c1-5-6-10(12-4,7-8-11)9(2)3/h9,11H,5-8H2,1-4H3/t10-/m1/s1. The lowest BCUT2D eigenvalue weighted by molar-refractivity contribution is -0.0697. The van der Waals surface area contributed by atoms with Crippen LogP contribution in [-0.4, -0.2) is 24.4 Å². The second-order valence-corrected chi connectivity index (χ2v) is 3.65. The summed E-state index contributed by atoms with van der Waals surface area (Å²) in [5, 5.41) is 8.93. The molecule has 0 aliphatic heterocycles. The van der Waals surface area contributed by atoms with Crippen LogP contribution in [0, 0.1) is 5.92 Å². The molecule has 74 valence electrons. The van der Waals surface area contributed by atoms with Gasteiger partial charge in [0.15, 0.2) is 0 Å². The minimum atomic E-state index is -0.108. The number of methoxy groups -OCH3 is 1. The zero-order chi connectivity index (χ0) is 9.61. The first-order valence-corrected chi connectivity index (χ1v) is 4.79. The summed E-state index contributed by atoms with van der Waals surface area (Å²) < 4.78 is 5.52. The molecule has 0 amide bonds. The van der Waals surface area contributed by atoms with Crippen LogP contribution in [0.2, 0.25) is 0 Å². The van der Waals surface area contributed by atoms with Crippen LogP contribution in [0.5, 0.6) is 0 Å². The van der Waals surface area contributed by atoms with Gasteiger partial charge in [-0.2, -0.15) is 0 Å². The van der Waals surface area contributed by atoms with Gasteiger partial charge < -0.3 is 9.84 Å². The van der Waals surface area contributed by atoms with Gasteiger partial charge >= 0.3 is 0 Å². The molecular weight excluding hydrogens is 152 g/mol. The lowest BCUT2D eigenvalue weighted by Gasteiger charge is -2.35. The van der Waals surface area contributed by atoms with E-state index in [0.717, 1.165) is 19.3 Å². The lowest BCUT2D eigenvalue weighted by atomic mass is 9.83. The fourth-order valence-electron chi connectivity index (χ4n) is 1.75. The smallest absolute Gasteiger partial charge is 0.0723 e. The SMILES string of the molecule is CCC[C@](CCO)(OC)C(C)C. The summed E-state index contributed by atoms with van der Waals surface area (Å²) in [6.07, 6.45) is 2.88. The van der Waals surface area contributed by atoms with E-state index in [2.05, 4.69) is 20.8 Å². The number of hydrogen-bond acceptors (Lipinski definition) is 2. The third-order valence-electron chi connectivity index (χ3n) is 2.67. The van der Waals surface area contributed by atoms with Gasteiger partial charge in [0.25, 0.3) is 0 Å². The van der Waals surface area contributed by atoms with Gasteiger partial charge in [0.2, 0.25) is 0 Å². The first-order chi connectivity index (χ1) is 5.63. The molecule has 12 heavy (non-hydrogen) atoms. The maximum Gasteiger partial charge on any atom is 0.0723 e. The number of ether oxygens (including phenoxy) is 1. The van der Waals surface area contributed by atoms with Crippen molar-refractivity contribution in [3.63, 3.8) is 0 Å². The van der Waals surface area contributed by atoms with Gasteiger partial charge in [0, 0.05) is 13.7 Å². The largest absolute Gasteiger partial charge is 0.396 e. The molecule has 2 nitrogen and oxygen atoms in total. The van der Waals surface area contributed by atoms with Crippen LogP contribution < -0.4 is 0 Å². The van der Waals surface area contributed by atoms with E-state index < -0.39 is 0 Å². The molecule has 0 rings (SSSR count). The Morgan fingerprint density at radius 1 is 1.33 bits per heavy atom. The van der Waals surface area contributed by atoms with Gasteiger partial charge in [0.05, 0.1) is 5.60 Å². The normalized spacial score (nSPS) is 16.5. The van der Waals surface area contributed by atoms with Gasteiger partial charge in [-0.1, -0.05) is 27.2 Å². The summed E-state index contributed by atoms with van der Waals surface area (Å²) in [7, 11) is 1.74. The van der Waals surface area contributed by atoms with Gasteiger partial charge in [-0.15, -0.1) is 0 Å². The predicted octanol–water partition coefficient (Wildman–Crippen LogP) is 2.21. The highest BCUT2D eigenvalue weighted by Gasteiger charge is 2.31. The van der Waals surface area contributed by atoms with E-state index in [0.29, 0.717) is 5.92 Å². The molecule has 0 aliphatic carbocycles. The maximum atomic E-state index is 8.93. The van der Waals surface area contributed by atoms with Crippen molar-refractivity contribution in [2.45, 2.75) is 45.6 Å². The van der Waals surface area contributed by atoms with Crippen molar-refractivity contribution in [3.05, 3.63) is 0 Å². The monoisotopic (exact) mass is 174 g/mol. The summed E-state index contributed by atoms with van der Waals surface area (Å²) in [5.41, 5.74) is -0.108. The Morgan fingerprint density at radius 3 is 2.17 bits per heavy atom. The summed E-state index contributed by atoms with van der Waals surface area (Å²) >= 11 is 0. The molecule has 0 saturated heterocycles. The minimum Gasteiger partial charge on any atom is -0.396 e. The van der Waals surface area contributed by atoms with Crippen LogP contribution >= 0.6 is 0 Å². The summed E-state index contributed by atoms with van der Waals surface area (Å²) in [5.74, 6) is 0.467. The van der Waals surface area contributed by atoms with E-state index in [-0.39, 0.29) is 12.2 Å². The fourth-order valence-corrected chi connectivity index (χ4v) is 1.75. The van der Waals surface area contributed by atoms with E-state index in [9.17, 15) is 0 Å². The Morgan fingerprint density at radius 2 is 1.92 bits per heavy atom. The molecule has 1 atom stereocenters. The topological polar surface area (TPSA) is 29.5 Å². The van der Waals surface area contributed by atoms with Crippen LogP contribution in [-0.2, 0) is 4.74 Å². The van der Waals surface area contributed by atoms with E-state index in [1.165, 1.54) is 0 Å². The Labute approximate surface area is 75.9 Å². The average Bonchev–Trinajstić information content (AvgIpc) is 2.03. The van der Waals surface area contributed by atoms with Crippen LogP contribution in [0.25, 0.3) is 0 Å². The molecular formula is C10H22O2. The van der Waals surface area contributed by atoms with Crippen molar-refractivity contribution in [2.24, 2.45) is 5.92 Å². The van der Waals surface area contributed by atoms with Gasteiger partial charge in [-0.25, -0.2) is 0 Å². The van der Waals surface area contributed by atoms with E-state index in [1.54, 1.807) is 7.11 Å². The average molecular weight is 174 g/mol. The van der Waals surface area contributed by atoms with Crippen LogP contribution in [0.4, 0.5) is 0 Å². The highest BCUT2D eigenvalue weighted by atomic mass is 16.5. The first kappa shape index (κ1) is 11.9. The number of rotatable bonds is 6. The van der Waals surface area contributed by atoms with Crippen molar-refractivity contribution in [1.82, 2.24) is 0 Å².